The molecule has 1 aliphatic rings. The van der Waals surface area contributed by atoms with Crippen LogP contribution in [0.5, 0.6) is 11.5 Å². The Kier molecular flexibility index (Phi) is 2.86. The number of hydrogen-bond donors (Lipinski definition) is 1. The van der Waals surface area contributed by atoms with Gasteiger partial charge in [-0.25, -0.2) is 9.18 Å². The molecule has 0 aliphatic heterocycles. The van der Waals surface area contributed by atoms with Crippen molar-refractivity contribution in [1.82, 2.24) is 0 Å². The van der Waals surface area contributed by atoms with Gasteiger partial charge in [0.25, 0.3) is 0 Å². The largest absolute Gasteiger partial charge is 0.505 e. The summed E-state index contributed by atoms with van der Waals surface area (Å²) in [4.78, 5) is 14.3. The third-order valence-corrected chi connectivity index (χ3v) is 3.21. The number of phenolic OH excluding ortho intramolecular Hbond substituents is 1. The fourth-order valence-electron chi connectivity index (χ4n) is 2.12. The number of aromatic hydroxyl groups is 1. The zero-order chi connectivity index (χ0) is 12.5. The smallest absolute Gasteiger partial charge is 0.235 e. The molecule has 0 spiro atoms. The van der Waals surface area contributed by atoms with Crippen LogP contribution < -0.4 is 4.74 Å². The molecule has 0 amide bonds. The zero-order valence-corrected chi connectivity index (χ0v) is 9.36. The zero-order valence-electron chi connectivity index (χ0n) is 9.36. The third kappa shape index (κ3) is 1.78. The Bertz CT molecular complexity index is 491. The van der Waals surface area contributed by atoms with Crippen molar-refractivity contribution in [2.24, 2.45) is 4.99 Å². The number of isocyanates is 1. The van der Waals surface area contributed by atoms with Gasteiger partial charge in [-0.1, -0.05) is 0 Å². The molecule has 2 rings (SSSR count). The molecule has 1 aromatic carbocycles. The van der Waals surface area contributed by atoms with Gasteiger partial charge in [0.05, 0.1) is 7.11 Å². The van der Waals surface area contributed by atoms with Gasteiger partial charge in [-0.3, -0.25) is 0 Å². The molecule has 1 N–H and O–H groups in total. The summed E-state index contributed by atoms with van der Waals surface area (Å²) in [6.45, 7) is 0. The van der Waals surface area contributed by atoms with Gasteiger partial charge < -0.3 is 9.84 Å². The summed E-state index contributed by atoms with van der Waals surface area (Å²) in [5.74, 6) is -0.928. The molecule has 1 saturated carbocycles. The van der Waals surface area contributed by atoms with Crippen molar-refractivity contribution >= 4 is 6.08 Å². The first-order valence-corrected chi connectivity index (χ1v) is 5.29. The minimum Gasteiger partial charge on any atom is -0.505 e. The molecule has 1 aromatic rings. The fraction of sp³-hybridized carbons (Fsp3) is 0.417. The molecule has 0 unspecified atom stereocenters. The van der Waals surface area contributed by atoms with E-state index in [1.807, 2.05) is 0 Å². The average Bonchev–Trinajstić information content (AvgIpc) is 2.27. The molecule has 5 heteroatoms. The van der Waals surface area contributed by atoms with Gasteiger partial charge in [0.2, 0.25) is 6.08 Å². The van der Waals surface area contributed by atoms with Gasteiger partial charge in [0, 0.05) is 11.6 Å². The molecule has 90 valence electrons. The summed E-state index contributed by atoms with van der Waals surface area (Å²) in [5, 5.41) is 9.40. The lowest BCUT2D eigenvalue weighted by Gasteiger charge is -2.37. The Labute approximate surface area is 97.7 Å². The summed E-state index contributed by atoms with van der Waals surface area (Å²) in [7, 11) is 1.41. The second-order valence-electron chi connectivity index (χ2n) is 4.09. The number of halogens is 1. The first kappa shape index (κ1) is 11.6. The van der Waals surface area contributed by atoms with E-state index < -0.39 is 17.1 Å². The summed E-state index contributed by atoms with van der Waals surface area (Å²) in [6.07, 6.45) is 3.80. The van der Waals surface area contributed by atoms with Crippen molar-refractivity contribution in [3.8, 4) is 11.5 Å². The van der Waals surface area contributed by atoms with E-state index in [-0.39, 0.29) is 0 Å². The van der Waals surface area contributed by atoms with E-state index >= 15 is 0 Å². The van der Waals surface area contributed by atoms with E-state index in [1.54, 1.807) is 0 Å². The molecular weight excluding hydrogens is 225 g/mol. The Morgan fingerprint density at radius 3 is 2.71 bits per heavy atom. The van der Waals surface area contributed by atoms with Crippen LogP contribution in [0.1, 0.15) is 24.8 Å². The second kappa shape index (κ2) is 4.18. The van der Waals surface area contributed by atoms with E-state index in [0.717, 1.165) is 12.5 Å². The Morgan fingerprint density at radius 1 is 1.53 bits per heavy atom. The second-order valence-corrected chi connectivity index (χ2v) is 4.09. The molecular formula is C12H12FNO3. The van der Waals surface area contributed by atoms with Gasteiger partial charge in [0.15, 0.2) is 11.6 Å². The standard InChI is InChI=1S/C12H12FNO3/c1-17-11-6-9(13)10(16)5-8(11)12(14-7-15)3-2-4-12/h5-6,16H,2-4H2,1H3. The fourth-order valence-corrected chi connectivity index (χ4v) is 2.12. The van der Waals surface area contributed by atoms with Crippen LogP contribution in [0, 0.1) is 5.82 Å². The first-order chi connectivity index (χ1) is 8.13. The summed E-state index contributed by atoms with van der Waals surface area (Å²) >= 11 is 0. The van der Waals surface area contributed by atoms with E-state index in [1.165, 1.54) is 19.3 Å². The molecule has 0 atom stereocenters. The van der Waals surface area contributed by atoms with Gasteiger partial charge in [0.1, 0.15) is 11.3 Å². The summed E-state index contributed by atoms with van der Waals surface area (Å²) < 4.78 is 18.3. The lowest BCUT2D eigenvalue weighted by molar-refractivity contribution is 0.244. The van der Waals surface area contributed by atoms with Crippen molar-refractivity contribution < 1.29 is 19.0 Å². The average molecular weight is 237 g/mol. The topological polar surface area (TPSA) is 58.9 Å². The molecule has 1 aliphatic carbocycles. The Morgan fingerprint density at radius 2 is 2.24 bits per heavy atom. The number of nitrogens with zero attached hydrogens (tertiary/aromatic N) is 1. The monoisotopic (exact) mass is 237 g/mol. The third-order valence-electron chi connectivity index (χ3n) is 3.21. The molecule has 0 radical (unpaired) electrons. The van der Waals surface area contributed by atoms with Crippen LogP contribution in [-0.4, -0.2) is 18.3 Å². The van der Waals surface area contributed by atoms with Crippen molar-refractivity contribution in [2.75, 3.05) is 7.11 Å². The van der Waals surface area contributed by atoms with Crippen LogP contribution >= 0.6 is 0 Å². The normalized spacial score (nSPS) is 16.8. The van der Waals surface area contributed by atoms with Gasteiger partial charge >= 0.3 is 0 Å². The maximum Gasteiger partial charge on any atom is 0.235 e. The summed E-state index contributed by atoms with van der Waals surface area (Å²) in [6, 6.07) is 2.37. The number of benzene rings is 1. The maximum absolute atomic E-state index is 13.2. The van der Waals surface area contributed by atoms with Crippen molar-refractivity contribution in [2.45, 2.75) is 24.8 Å². The number of methoxy groups -OCH3 is 1. The van der Waals surface area contributed by atoms with E-state index in [0.29, 0.717) is 24.2 Å². The van der Waals surface area contributed by atoms with Gasteiger partial charge in [-0.05, 0) is 25.3 Å². The molecule has 0 bridgehead atoms. The van der Waals surface area contributed by atoms with Crippen LogP contribution in [-0.2, 0) is 10.3 Å². The number of carbonyl (C=O) groups excluding carboxylic acids is 1. The Hall–Kier alpha value is -1.87. The van der Waals surface area contributed by atoms with Crippen molar-refractivity contribution in [1.29, 1.82) is 0 Å². The number of phenols is 1. The number of aliphatic imine (C=N–C) groups is 1. The van der Waals surface area contributed by atoms with Crippen LogP contribution in [0.25, 0.3) is 0 Å². The summed E-state index contributed by atoms with van der Waals surface area (Å²) in [5.41, 5.74) is -0.174. The predicted octanol–water partition coefficient (Wildman–Crippen LogP) is 2.25. The van der Waals surface area contributed by atoms with E-state index in [9.17, 15) is 14.3 Å². The molecule has 0 saturated heterocycles. The minimum absolute atomic E-state index is 0.291. The molecule has 0 heterocycles. The van der Waals surface area contributed by atoms with Crippen LogP contribution in [0.4, 0.5) is 4.39 Å². The quantitative estimate of drug-likeness (QED) is 0.648. The molecule has 0 aromatic heterocycles. The van der Waals surface area contributed by atoms with E-state index in [2.05, 4.69) is 4.99 Å². The van der Waals surface area contributed by atoms with Crippen LogP contribution in [0.2, 0.25) is 0 Å². The highest BCUT2D eigenvalue weighted by atomic mass is 19.1. The minimum atomic E-state index is -0.754. The Balaban J connectivity index is 2.57. The maximum atomic E-state index is 13.2. The van der Waals surface area contributed by atoms with E-state index in [4.69, 9.17) is 4.74 Å². The highest BCUT2D eigenvalue weighted by molar-refractivity contribution is 5.48. The van der Waals surface area contributed by atoms with Gasteiger partial charge in [-0.2, -0.15) is 4.99 Å². The van der Waals surface area contributed by atoms with Crippen molar-refractivity contribution in [3.05, 3.63) is 23.5 Å². The molecule has 1 fully saturated rings. The van der Waals surface area contributed by atoms with Gasteiger partial charge in [-0.15, -0.1) is 0 Å². The van der Waals surface area contributed by atoms with Crippen LogP contribution in [0.15, 0.2) is 17.1 Å². The SMILES string of the molecule is COc1cc(F)c(O)cc1C1(N=C=O)CCC1. The molecule has 4 nitrogen and oxygen atoms in total. The lowest BCUT2D eigenvalue weighted by Crippen LogP contribution is -2.32. The number of ether oxygens (including phenoxy) is 1. The van der Waals surface area contributed by atoms with Crippen LogP contribution in [0.3, 0.4) is 0 Å². The predicted molar refractivity (Wildman–Crippen MR) is 58.3 cm³/mol. The number of rotatable bonds is 3. The highest BCUT2D eigenvalue weighted by Gasteiger charge is 2.41. The first-order valence-electron chi connectivity index (χ1n) is 5.29. The lowest BCUT2D eigenvalue weighted by atomic mass is 9.72. The molecule has 17 heavy (non-hydrogen) atoms. The van der Waals surface area contributed by atoms with Crippen molar-refractivity contribution in [3.63, 3.8) is 0 Å². The number of hydrogen-bond acceptors (Lipinski definition) is 4. The highest BCUT2D eigenvalue weighted by Crippen LogP contribution is 2.49.